The molecule has 0 aliphatic heterocycles. The summed E-state index contributed by atoms with van der Waals surface area (Å²) in [5, 5.41) is 14.4. The summed E-state index contributed by atoms with van der Waals surface area (Å²) in [6, 6.07) is 6.11. The van der Waals surface area contributed by atoms with E-state index in [1.165, 1.54) is 29.9 Å². The zero-order valence-electron chi connectivity index (χ0n) is 14.4. The third-order valence-electron chi connectivity index (χ3n) is 4.70. The van der Waals surface area contributed by atoms with Gasteiger partial charge in [0.2, 0.25) is 0 Å². The van der Waals surface area contributed by atoms with Gasteiger partial charge in [-0.3, -0.25) is 14.9 Å². The maximum absolute atomic E-state index is 12.2. The SMILES string of the molecule is C[C@H]1CCCC[C@H]1NC(=O)COC(=O)c1cc2cc([N+](=O)[O-])ccc2s1. The van der Waals surface area contributed by atoms with Crippen LogP contribution in [0.2, 0.25) is 0 Å². The lowest BCUT2D eigenvalue weighted by Gasteiger charge is -2.29. The van der Waals surface area contributed by atoms with Crippen molar-refractivity contribution in [3.8, 4) is 0 Å². The van der Waals surface area contributed by atoms with Gasteiger partial charge in [-0.2, -0.15) is 0 Å². The minimum atomic E-state index is -0.597. The van der Waals surface area contributed by atoms with Crippen LogP contribution in [0.15, 0.2) is 24.3 Å². The van der Waals surface area contributed by atoms with Crippen molar-refractivity contribution in [2.75, 3.05) is 6.61 Å². The van der Waals surface area contributed by atoms with Gasteiger partial charge in [0, 0.05) is 28.3 Å². The number of carbonyl (C=O) groups excluding carboxylic acids is 2. The van der Waals surface area contributed by atoms with E-state index in [0.29, 0.717) is 16.2 Å². The summed E-state index contributed by atoms with van der Waals surface area (Å²) in [5.41, 5.74) is -0.0313. The molecule has 1 amide bonds. The van der Waals surface area contributed by atoms with E-state index in [1.807, 2.05) is 0 Å². The predicted octanol–water partition coefficient (Wildman–Crippen LogP) is 3.66. The van der Waals surface area contributed by atoms with E-state index in [-0.39, 0.29) is 24.2 Å². The molecule has 1 saturated carbocycles. The number of amides is 1. The number of esters is 1. The highest BCUT2D eigenvalue weighted by Crippen LogP contribution is 2.29. The Morgan fingerprint density at radius 2 is 2.08 bits per heavy atom. The average molecular weight is 376 g/mol. The molecule has 1 aromatic heterocycles. The first kappa shape index (κ1) is 18.3. The fourth-order valence-corrected chi connectivity index (χ4v) is 4.16. The minimum Gasteiger partial charge on any atom is -0.451 e. The molecule has 0 saturated heterocycles. The normalized spacial score (nSPS) is 19.9. The van der Waals surface area contributed by atoms with Gasteiger partial charge in [0.05, 0.1) is 4.92 Å². The van der Waals surface area contributed by atoms with Gasteiger partial charge in [0.1, 0.15) is 4.88 Å². The Morgan fingerprint density at radius 1 is 1.31 bits per heavy atom. The van der Waals surface area contributed by atoms with Gasteiger partial charge in [-0.25, -0.2) is 4.79 Å². The molecular weight excluding hydrogens is 356 g/mol. The minimum absolute atomic E-state index is 0.0313. The Hall–Kier alpha value is -2.48. The van der Waals surface area contributed by atoms with E-state index in [2.05, 4.69) is 12.2 Å². The topological polar surface area (TPSA) is 98.5 Å². The van der Waals surface area contributed by atoms with Crippen LogP contribution in [0.1, 0.15) is 42.3 Å². The van der Waals surface area contributed by atoms with E-state index in [4.69, 9.17) is 4.74 Å². The number of fused-ring (bicyclic) bond motifs is 1. The number of non-ortho nitro benzene ring substituents is 1. The van der Waals surface area contributed by atoms with Crippen LogP contribution >= 0.6 is 11.3 Å². The predicted molar refractivity (Wildman–Crippen MR) is 98.3 cm³/mol. The molecule has 1 aliphatic carbocycles. The summed E-state index contributed by atoms with van der Waals surface area (Å²) < 4.78 is 5.85. The molecule has 1 N–H and O–H groups in total. The molecule has 1 fully saturated rings. The van der Waals surface area contributed by atoms with Crippen LogP contribution in [0, 0.1) is 16.0 Å². The van der Waals surface area contributed by atoms with Gasteiger partial charge in [-0.1, -0.05) is 19.8 Å². The number of nitrogens with one attached hydrogen (secondary N) is 1. The summed E-state index contributed by atoms with van der Waals surface area (Å²) in [6.07, 6.45) is 4.34. The molecular formula is C18H20N2O5S. The lowest BCUT2D eigenvalue weighted by Crippen LogP contribution is -2.42. The largest absolute Gasteiger partial charge is 0.451 e. The number of carbonyl (C=O) groups is 2. The van der Waals surface area contributed by atoms with Crippen molar-refractivity contribution in [2.45, 2.75) is 38.6 Å². The molecule has 0 radical (unpaired) electrons. The summed E-state index contributed by atoms with van der Waals surface area (Å²) in [5.74, 6) is -0.462. The molecule has 2 atom stereocenters. The summed E-state index contributed by atoms with van der Waals surface area (Å²) in [4.78, 5) is 34.9. The van der Waals surface area contributed by atoms with Crippen molar-refractivity contribution in [1.29, 1.82) is 0 Å². The number of hydrogen-bond acceptors (Lipinski definition) is 6. The van der Waals surface area contributed by atoms with Gasteiger partial charge in [-0.05, 0) is 30.9 Å². The number of nitro groups is 1. The van der Waals surface area contributed by atoms with Crippen LogP contribution in [0.5, 0.6) is 0 Å². The Morgan fingerprint density at radius 3 is 2.81 bits per heavy atom. The van der Waals surface area contributed by atoms with Gasteiger partial charge in [-0.15, -0.1) is 11.3 Å². The quantitative estimate of drug-likeness (QED) is 0.488. The fraction of sp³-hybridized carbons (Fsp3) is 0.444. The molecule has 0 bridgehead atoms. The van der Waals surface area contributed by atoms with Crippen LogP contribution in [0.25, 0.3) is 10.1 Å². The number of hydrogen-bond donors (Lipinski definition) is 1. The zero-order chi connectivity index (χ0) is 18.7. The van der Waals surface area contributed by atoms with Crippen molar-refractivity contribution in [3.05, 3.63) is 39.3 Å². The number of nitro benzene ring substituents is 1. The molecule has 1 aliphatic rings. The maximum Gasteiger partial charge on any atom is 0.348 e. The third kappa shape index (κ3) is 4.19. The molecule has 0 unspecified atom stereocenters. The van der Waals surface area contributed by atoms with E-state index in [1.54, 1.807) is 12.1 Å². The second kappa shape index (κ2) is 7.82. The number of ether oxygens (including phenoxy) is 1. The zero-order valence-corrected chi connectivity index (χ0v) is 15.2. The van der Waals surface area contributed by atoms with Crippen molar-refractivity contribution in [2.24, 2.45) is 5.92 Å². The lowest BCUT2D eigenvalue weighted by molar-refractivity contribution is -0.384. The first-order valence-electron chi connectivity index (χ1n) is 8.58. The number of nitrogens with zero attached hydrogens (tertiary/aromatic N) is 1. The van der Waals surface area contributed by atoms with E-state index in [9.17, 15) is 19.7 Å². The van der Waals surface area contributed by atoms with Crippen LogP contribution in [-0.4, -0.2) is 29.4 Å². The Kier molecular flexibility index (Phi) is 5.51. The molecule has 7 nitrogen and oxygen atoms in total. The van der Waals surface area contributed by atoms with Crippen molar-refractivity contribution in [1.82, 2.24) is 5.32 Å². The van der Waals surface area contributed by atoms with Crippen molar-refractivity contribution >= 4 is 39.0 Å². The van der Waals surface area contributed by atoms with E-state index in [0.717, 1.165) is 24.0 Å². The number of thiophene rings is 1. The van der Waals surface area contributed by atoms with Crippen LogP contribution in [-0.2, 0) is 9.53 Å². The summed E-state index contributed by atoms with van der Waals surface area (Å²) in [6.45, 7) is 1.79. The van der Waals surface area contributed by atoms with E-state index < -0.39 is 10.9 Å². The molecule has 26 heavy (non-hydrogen) atoms. The number of benzene rings is 1. The lowest BCUT2D eigenvalue weighted by atomic mass is 9.86. The second-order valence-electron chi connectivity index (χ2n) is 6.60. The van der Waals surface area contributed by atoms with Crippen LogP contribution in [0.4, 0.5) is 5.69 Å². The smallest absolute Gasteiger partial charge is 0.348 e. The summed E-state index contributed by atoms with van der Waals surface area (Å²) >= 11 is 1.18. The first-order chi connectivity index (χ1) is 12.4. The van der Waals surface area contributed by atoms with Crippen molar-refractivity contribution < 1.29 is 19.2 Å². The van der Waals surface area contributed by atoms with Crippen LogP contribution in [0.3, 0.4) is 0 Å². The highest BCUT2D eigenvalue weighted by molar-refractivity contribution is 7.20. The van der Waals surface area contributed by atoms with Gasteiger partial charge in [0.15, 0.2) is 6.61 Å². The summed E-state index contributed by atoms with van der Waals surface area (Å²) in [7, 11) is 0. The van der Waals surface area contributed by atoms with Gasteiger partial charge >= 0.3 is 5.97 Å². The average Bonchev–Trinajstić information content (AvgIpc) is 3.05. The molecule has 2 aromatic rings. The highest BCUT2D eigenvalue weighted by Gasteiger charge is 2.23. The van der Waals surface area contributed by atoms with Crippen LogP contribution < -0.4 is 5.32 Å². The maximum atomic E-state index is 12.2. The van der Waals surface area contributed by atoms with Crippen molar-refractivity contribution in [3.63, 3.8) is 0 Å². The molecule has 1 aromatic carbocycles. The van der Waals surface area contributed by atoms with E-state index >= 15 is 0 Å². The standard InChI is InChI=1S/C18H20N2O5S/c1-11-4-2-3-5-14(11)19-17(21)10-25-18(22)16-9-12-8-13(20(23)24)6-7-15(12)26-16/h6-9,11,14H,2-5,10H2,1H3,(H,19,21)/t11-,14+/m0/s1. The van der Waals surface area contributed by atoms with Gasteiger partial charge in [0.25, 0.3) is 11.6 Å². The number of rotatable bonds is 5. The second-order valence-corrected chi connectivity index (χ2v) is 7.69. The Bertz CT molecular complexity index is 847. The molecule has 8 heteroatoms. The molecule has 0 spiro atoms. The first-order valence-corrected chi connectivity index (χ1v) is 9.40. The molecule has 138 valence electrons. The Labute approximate surface area is 154 Å². The fourth-order valence-electron chi connectivity index (χ4n) is 3.23. The monoisotopic (exact) mass is 376 g/mol. The Balaban J connectivity index is 1.58. The molecule has 3 rings (SSSR count). The third-order valence-corrected chi connectivity index (χ3v) is 5.80. The molecule has 1 heterocycles. The van der Waals surface area contributed by atoms with Gasteiger partial charge < -0.3 is 10.1 Å². The highest BCUT2D eigenvalue weighted by atomic mass is 32.1.